The molecule has 0 aliphatic heterocycles. The van der Waals surface area contributed by atoms with E-state index in [4.69, 9.17) is 15.6 Å². The molecule has 0 bridgehead atoms. The van der Waals surface area contributed by atoms with Gasteiger partial charge in [-0.3, -0.25) is 0 Å². The molecular weight excluding hydrogens is 244 g/mol. The molecule has 106 valence electrons. The van der Waals surface area contributed by atoms with Crippen molar-refractivity contribution in [2.24, 2.45) is 0 Å². The van der Waals surface area contributed by atoms with Crippen LogP contribution in [0.2, 0.25) is 0 Å². The summed E-state index contributed by atoms with van der Waals surface area (Å²) >= 11 is 0. The number of para-hydroxylation sites is 1. The van der Waals surface area contributed by atoms with Crippen molar-refractivity contribution in [3.63, 3.8) is 0 Å². The van der Waals surface area contributed by atoms with Crippen LogP contribution in [-0.4, -0.2) is 30.3 Å². The molecule has 4 N–H and O–H groups in total. The summed E-state index contributed by atoms with van der Waals surface area (Å²) in [5, 5.41) is 12.1. The second kappa shape index (κ2) is 7.63. The van der Waals surface area contributed by atoms with E-state index in [9.17, 15) is 4.79 Å². The Hall–Kier alpha value is -1.75. The first kappa shape index (κ1) is 15.3. The summed E-state index contributed by atoms with van der Waals surface area (Å²) in [6.07, 6.45) is 2.17. The molecule has 0 aliphatic carbocycles. The lowest BCUT2D eigenvalue weighted by atomic mass is 10.1. The third-order valence-electron chi connectivity index (χ3n) is 2.67. The average Bonchev–Trinajstić information content (AvgIpc) is 2.34. The van der Waals surface area contributed by atoms with Gasteiger partial charge in [-0.15, -0.1) is 0 Å². The van der Waals surface area contributed by atoms with Gasteiger partial charge in [-0.1, -0.05) is 6.07 Å². The molecule has 1 aromatic rings. The third kappa shape index (κ3) is 5.18. The van der Waals surface area contributed by atoms with Gasteiger partial charge in [-0.25, -0.2) is 4.79 Å². The summed E-state index contributed by atoms with van der Waals surface area (Å²) < 4.78 is 5.44. The van der Waals surface area contributed by atoms with E-state index >= 15 is 0 Å². The van der Waals surface area contributed by atoms with Gasteiger partial charge in [0.1, 0.15) is 0 Å². The highest BCUT2D eigenvalue weighted by Crippen LogP contribution is 2.22. The normalized spacial score (nSPS) is 10.7. The van der Waals surface area contributed by atoms with Crippen LogP contribution in [-0.2, 0) is 4.74 Å². The molecule has 0 fully saturated rings. The van der Waals surface area contributed by atoms with Gasteiger partial charge in [0.2, 0.25) is 0 Å². The van der Waals surface area contributed by atoms with E-state index in [0.29, 0.717) is 5.69 Å². The summed E-state index contributed by atoms with van der Waals surface area (Å²) in [5.41, 5.74) is 6.89. The van der Waals surface area contributed by atoms with Crippen LogP contribution in [0.4, 0.5) is 11.4 Å². The number of unbranched alkanes of at least 4 members (excludes halogenated alkanes) is 1. The quantitative estimate of drug-likeness (QED) is 0.497. The second-order valence-corrected chi connectivity index (χ2v) is 4.63. The SMILES string of the molecule is CC(C)OCCCCNc1cccc(C(=O)O)c1N. The maximum atomic E-state index is 10.9. The number of nitrogens with two attached hydrogens (primary N) is 1. The molecule has 0 atom stereocenters. The summed E-state index contributed by atoms with van der Waals surface area (Å²) in [6.45, 7) is 5.51. The van der Waals surface area contributed by atoms with Crippen molar-refractivity contribution >= 4 is 17.3 Å². The molecule has 0 saturated heterocycles. The van der Waals surface area contributed by atoms with Gasteiger partial charge < -0.3 is 20.9 Å². The number of benzene rings is 1. The van der Waals surface area contributed by atoms with Crippen LogP contribution in [0.1, 0.15) is 37.0 Å². The Balaban J connectivity index is 2.37. The second-order valence-electron chi connectivity index (χ2n) is 4.63. The van der Waals surface area contributed by atoms with E-state index in [1.165, 1.54) is 6.07 Å². The van der Waals surface area contributed by atoms with Gasteiger partial charge in [-0.2, -0.15) is 0 Å². The van der Waals surface area contributed by atoms with Crippen LogP contribution >= 0.6 is 0 Å². The van der Waals surface area contributed by atoms with Gasteiger partial charge in [0.05, 0.1) is 23.0 Å². The number of anilines is 2. The predicted octanol–water partition coefficient (Wildman–Crippen LogP) is 2.58. The predicted molar refractivity (Wildman–Crippen MR) is 76.6 cm³/mol. The topological polar surface area (TPSA) is 84.6 Å². The molecule has 5 heteroatoms. The molecule has 19 heavy (non-hydrogen) atoms. The molecule has 0 heterocycles. The van der Waals surface area contributed by atoms with Crippen LogP contribution in [0.25, 0.3) is 0 Å². The Labute approximate surface area is 113 Å². The van der Waals surface area contributed by atoms with Gasteiger partial charge >= 0.3 is 5.97 Å². The fraction of sp³-hybridized carbons (Fsp3) is 0.500. The Morgan fingerprint density at radius 2 is 2.16 bits per heavy atom. The lowest BCUT2D eigenvalue weighted by Crippen LogP contribution is -2.10. The number of ether oxygens (including phenoxy) is 1. The largest absolute Gasteiger partial charge is 0.478 e. The number of carboxylic acids is 1. The fourth-order valence-corrected chi connectivity index (χ4v) is 1.68. The van der Waals surface area contributed by atoms with E-state index in [1.54, 1.807) is 12.1 Å². The van der Waals surface area contributed by atoms with Gasteiger partial charge in [-0.05, 0) is 38.8 Å². The van der Waals surface area contributed by atoms with Crippen molar-refractivity contribution in [3.8, 4) is 0 Å². The monoisotopic (exact) mass is 266 g/mol. The molecule has 1 rings (SSSR count). The Morgan fingerprint density at radius 1 is 1.42 bits per heavy atom. The molecule has 0 amide bonds. The van der Waals surface area contributed by atoms with Crippen molar-refractivity contribution in [2.45, 2.75) is 32.8 Å². The number of nitrogen functional groups attached to an aromatic ring is 1. The zero-order valence-corrected chi connectivity index (χ0v) is 11.5. The maximum absolute atomic E-state index is 10.9. The molecule has 0 aromatic heterocycles. The summed E-state index contributed by atoms with van der Waals surface area (Å²) in [5.74, 6) is -1.01. The summed E-state index contributed by atoms with van der Waals surface area (Å²) in [7, 11) is 0. The molecule has 0 aliphatic rings. The standard InChI is InChI=1S/C14H22N2O3/c1-10(2)19-9-4-3-8-16-12-7-5-6-11(13(12)15)14(17)18/h5-7,10,16H,3-4,8-9,15H2,1-2H3,(H,17,18). The molecule has 0 saturated carbocycles. The summed E-state index contributed by atoms with van der Waals surface area (Å²) in [4.78, 5) is 10.9. The average molecular weight is 266 g/mol. The van der Waals surface area contributed by atoms with Crippen molar-refractivity contribution in [3.05, 3.63) is 23.8 Å². The zero-order chi connectivity index (χ0) is 14.3. The number of hydrogen-bond acceptors (Lipinski definition) is 4. The number of aromatic carboxylic acids is 1. The van der Waals surface area contributed by atoms with Crippen molar-refractivity contribution in [1.29, 1.82) is 0 Å². The van der Waals surface area contributed by atoms with Crippen LogP contribution in [0, 0.1) is 0 Å². The molecular formula is C14H22N2O3. The van der Waals surface area contributed by atoms with E-state index in [2.05, 4.69) is 5.32 Å². The highest BCUT2D eigenvalue weighted by molar-refractivity contribution is 5.97. The van der Waals surface area contributed by atoms with E-state index in [-0.39, 0.29) is 17.4 Å². The number of carboxylic acid groups (broad SMARTS) is 1. The van der Waals surface area contributed by atoms with E-state index in [0.717, 1.165) is 26.0 Å². The van der Waals surface area contributed by atoms with Crippen LogP contribution in [0.5, 0.6) is 0 Å². The van der Waals surface area contributed by atoms with Crippen LogP contribution in [0.3, 0.4) is 0 Å². The van der Waals surface area contributed by atoms with Gasteiger partial charge in [0.15, 0.2) is 0 Å². The third-order valence-corrected chi connectivity index (χ3v) is 2.67. The number of rotatable bonds is 8. The van der Waals surface area contributed by atoms with E-state index in [1.807, 2.05) is 13.8 Å². The lowest BCUT2D eigenvalue weighted by molar-refractivity contribution is 0.0698. The molecule has 0 radical (unpaired) electrons. The first-order chi connectivity index (χ1) is 9.02. The minimum absolute atomic E-state index is 0.133. The Kier molecular flexibility index (Phi) is 6.15. The van der Waals surface area contributed by atoms with Gasteiger partial charge in [0, 0.05) is 13.2 Å². The van der Waals surface area contributed by atoms with Crippen molar-refractivity contribution < 1.29 is 14.6 Å². The smallest absolute Gasteiger partial charge is 0.337 e. The molecule has 0 unspecified atom stereocenters. The van der Waals surface area contributed by atoms with Crippen LogP contribution in [0.15, 0.2) is 18.2 Å². The fourth-order valence-electron chi connectivity index (χ4n) is 1.68. The Bertz CT molecular complexity index is 419. The molecule has 1 aromatic carbocycles. The first-order valence-corrected chi connectivity index (χ1v) is 6.49. The minimum atomic E-state index is -1.01. The highest BCUT2D eigenvalue weighted by atomic mass is 16.5. The minimum Gasteiger partial charge on any atom is -0.478 e. The number of nitrogens with one attached hydrogen (secondary N) is 1. The Morgan fingerprint density at radius 3 is 2.79 bits per heavy atom. The van der Waals surface area contributed by atoms with Crippen molar-refractivity contribution in [2.75, 3.05) is 24.2 Å². The van der Waals surface area contributed by atoms with Gasteiger partial charge in [0.25, 0.3) is 0 Å². The summed E-state index contributed by atoms with van der Waals surface area (Å²) in [6, 6.07) is 4.97. The molecule has 0 spiro atoms. The number of hydrogen-bond donors (Lipinski definition) is 3. The van der Waals surface area contributed by atoms with Crippen LogP contribution < -0.4 is 11.1 Å². The molecule has 5 nitrogen and oxygen atoms in total. The van der Waals surface area contributed by atoms with Crippen molar-refractivity contribution in [1.82, 2.24) is 0 Å². The number of carbonyl (C=O) groups is 1. The lowest BCUT2D eigenvalue weighted by Gasteiger charge is -2.11. The zero-order valence-electron chi connectivity index (χ0n) is 11.5. The highest BCUT2D eigenvalue weighted by Gasteiger charge is 2.10. The first-order valence-electron chi connectivity index (χ1n) is 6.49. The maximum Gasteiger partial charge on any atom is 0.337 e. The van der Waals surface area contributed by atoms with E-state index < -0.39 is 5.97 Å².